The van der Waals surface area contributed by atoms with Crippen LogP contribution in [0, 0.1) is 5.92 Å². The van der Waals surface area contributed by atoms with E-state index in [1.165, 1.54) is 38.3 Å². The Balaban J connectivity index is 2.58. The van der Waals surface area contributed by atoms with Gasteiger partial charge >= 0.3 is 0 Å². The predicted molar refractivity (Wildman–Crippen MR) is 62.3 cm³/mol. The normalized spacial score (nSPS) is 21.5. The lowest BCUT2D eigenvalue weighted by Gasteiger charge is -2.28. The summed E-state index contributed by atoms with van der Waals surface area (Å²) in [5.74, 6) is 0.656. The summed E-state index contributed by atoms with van der Waals surface area (Å²) in [5.41, 5.74) is 1.51. The zero-order valence-electron chi connectivity index (χ0n) is 10.1. The lowest BCUT2D eigenvalue weighted by atomic mass is 10.1. The average Bonchev–Trinajstić information content (AvgIpc) is 2.32. The maximum absolute atomic E-state index is 2.55. The van der Waals surface area contributed by atoms with Crippen LogP contribution in [0.3, 0.4) is 0 Å². The summed E-state index contributed by atoms with van der Waals surface area (Å²) in [7, 11) is 2.22. The number of allylic oxidation sites excluding steroid dienone is 2. The zero-order valence-corrected chi connectivity index (χ0v) is 10.1. The summed E-state index contributed by atoms with van der Waals surface area (Å²) in [6.45, 7) is 11.6. The molecule has 1 aliphatic rings. The molecule has 1 aliphatic heterocycles. The standard InChI is InChI=1S/C12H24N2/c1-5-12(11(2)3)14-8-6-7-13(4)9-10-14/h5,11H,6-10H2,1-4H3. The molecule has 2 nitrogen and oxygen atoms in total. The van der Waals surface area contributed by atoms with Gasteiger partial charge in [0.25, 0.3) is 0 Å². The number of nitrogens with zero attached hydrogens (tertiary/aromatic N) is 2. The third-order valence-corrected chi connectivity index (χ3v) is 2.97. The lowest BCUT2D eigenvalue weighted by Crippen LogP contribution is -2.30. The molecule has 0 atom stereocenters. The molecule has 0 aliphatic carbocycles. The zero-order chi connectivity index (χ0) is 10.6. The monoisotopic (exact) mass is 196 g/mol. The number of hydrogen-bond donors (Lipinski definition) is 0. The van der Waals surface area contributed by atoms with Gasteiger partial charge in [-0.15, -0.1) is 0 Å². The molecule has 0 aromatic rings. The molecule has 0 aromatic carbocycles. The van der Waals surface area contributed by atoms with Gasteiger partial charge in [-0.25, -0.2) is 0 Å². The molecule has 0 aromatic heterocycles. The minimum absolute atomic E-state index is 0.656. The van der Waals surface area contributed by atoms with Crippen molar-refractivity contribution in [2.45, 2.75) is 27.2 Å². The molecule has 82 valence electrons. The maximum Gasteiger partial charge on any atom is 0.0302 e. The van der Waals surface area contributed by atoms with Crippen LogP contribution < -0.4 is 0 Å². The van der Waals surface area contributed by atoms with Gasteiger partial charge in [-0.05, 0) is 32.9 Å². The highest BCUT2D eigenvalue weighted by Gasteiger charge is 2.15. The van der Waals surface area contributed by atoms with Crippen molar-refractivity contribution in [3.8, 4) is 0 Å². The van der Waals surface area contributed by atoms with Crippen molar-refractivity contribution in [3.05, 3.63) is 11.8 Å². The van der Waals surface area contributed by atoms with Crippen LogP contribution in [0.15, 0.2) is 11.8 Å². The fraction of sp³-hybridized carbons (Fsp3) is 0.833. The molecule has 0 amide bonds. The minimum atomic E-state index is 0.656. The van der Waals surface area contributed by atoms with Crippen molar-refractivity contribution < 1.29 is 0 Å². The van der Waals surface area contributed by atoms with Crippen LogP contribution in [-0.2, 0) is 0 Å². The highest BCUT2D eigenvalue weighted by molar-refractivity contribution is 5.03. The maximum atomic E-state index is 2.55. The van der Waals surface area contributed by atoms with E-state index in [-0.39, 0.29) is 0 Å². The van der Waals surface area contributed by atoms with Gasteiger partial charge in [0.1, 0.15) is 0 Å². The highest BCUT2D eigenvalue weighted by Crippen LogP contribution is 2.16. The topological polar surface area (TPSA) is 6.48 Å². The fourth-order valence-corrected chi connectivity index (χ4v) is 2.19. The van der Waals surface area contributed by atoms with E-state index in [2.05, 4.69) is 43.7 Å². The van der Waals surface area contributed by atoms with Gasteiger partial charge in [-0.2, -0.15) is 0 Å². The van der Waals surface area contributed by atoms with E-state index in [0.717, 1.165) is 0 Å². The first-order valence-electron chi connectivity index (χ1n) is 5.75. The van der Waals surface area contributed by atoms with Gasteiger partial charge in [0.05, 0.1) is 0 Å². The van der Waals surface area contributed by atoms with Crippen LogP contribution >= 0.6 is 0 Å². The first-order valence-corrected chi connectivity index (χ1v) is 5.75. The van der Waals surface area contributed by atoms with Crippen molar-refractivity contribution in [2.75, 3.05) is 33.2 Å². The van der Waals surface area contributed by atoms with Gasteiger partial charge in [0, 0.05) is 25.3 Å². The third kappa shape index (κ3) is 3.02. The molecule has 1 fully saturated rings. The van der Waals surface area contributed by atoms with Crippen LogP contribution in [0.5, 0.6) is 0 Å². The molecule has 1 saturated heterocycles. The molecule has 0 spiro atoms. The molecular formula is C12H24N2. The highest BCUT2D eigenvalue weighted by atomic mass is 15.2. The molecule has 0 radical (unpaired) electrons. The Kier molecular flexibility index (Phi) is 4.46. The molecular weight excluding hydrogens is 172 g/mol. The van der Waals surface area contributed by atoms with E-state index in [1.54, 1.807) is 0 Å². The van der Waals surface area contributed by atoms with E-state index in [9.17, 15) is 0 Å². The van der Waals surface area contributed by atoms with E-state index in [0.29, 0.717) is 5.92 Å². The summed E-state index contributed by atoms with van der Waals surface area (Å²) in [4.78, 5) is 4.97. The molecule has 1 rings (SSSR count). The van der Waals surface area contributed by atoms with Crippen molar-refractivity contribution >= 4 is 0 Å². The van der Waals surface area contributed by atoms with Crippen LogP contribution in [0.2, 0.25) is 0 Å². The summed E-state index contributed by atoms with van der Waals surface area (Å²) >= 11 is 0. The summed E-state index contributed by atoms with van der Waals surface area (Å²) in [5, 5.41) is 0. The van der Waals surface area contributed by atoms with Gasteiger partial charge in [0.2, 0.25) is 0 Å². The Bertz CT molecular complexity index is 196. The van der Waals surface area contributed by atoms with Crippen molar-refractivity contribution in [1.29, 1.82) is 0 Å². The Labute approximate surface area is 88.6 Å². The molecule has 0 N–H and O–H groups in total. The first-order chi connectivity index (χ1) is 6.65. The Hall–Kier alpha value is -0.500. The smallest absolute Gasteiger partial charge is 0.0302 e. The summed E-state index contributed by atoms with van der Waals surface area (Å²) < 4.78 is 0. The predicted octanol–water partition coefficient (Wildman–Crippen LogP) is 2.18. The second-order valence-electron chi connectivity index (χ2n) is 4.51. The Morgan fingerprint density at radius 1 is 1.14 bits per heavy atom. The van der Waals surface area contributed by atoms with Crippen molar-refractivity contribution in [2.24, 2.45) is 5.92 Å². The van der Waals surface area contributed by atoms with Gasteiger partial charge in [0.15, 0.2) is 0 Å². The van der Waals surface area contributed by atoms with E-state index in [4.69, 9.17) is 0 Å². The molecule has 0 saturated carbocycles. The van der Waals surface area contributed by atoms with Crippen LogP contribution in [0.4, 0.5) is 0 Å². The van der Waals surface area contributed by atoms with Crippen LogP contribution in [0.1, 0.15) is 27.2 Å². The Morgan fingerprint density at radius 3 is 2.43 bits per heavy atom. The third-order valence-electron chi connectivity index (χ3n) is 2.97. The second kappa shape index (κ2) is 5.40. The summed E-state index contributed by atoms with van der Waals surface area (Å²) in [6, 6.07) is 0. The number of rotatable bonds is 2. The quantitative estimate of drug-likeness (QED) is 0.668. The molecule has 2 heteroatoms. The van der Waals surface area contributed by atoms with E-state index >= 15 is 0 Å². The van der Waals surface area contributed by atoms with Crippen LogP contribution in [0.25, 0.3) is 0 Å². The number of hydrogen-bond acceptors (Lipinski definition) is 2. The second-order valence-corrected chi connectivity index (χ2v) is 4.51. The van der Waals surface area contributed by atoms with Gasteiger partial charge < -0.3 is 9.80 Å². The van der Waals surface area contributed by atoms with Crippen LogP contribution in [-0.4, -0.2) is 43.0 Å². The Morgan fingerprint density at radius 2 is 1.86 bits per heavy atom. The van der Waals surface area contributed by atoms with Gasteiger partial charge in [-0.3, -0.25) is 0 Å². The van der Waals surface area contributed by atoms with Crippen molar-refractivity contribution in [1.82, 2.24) is 9.80 Å². The van der Waals surface area contributed by atoms with E-state index in [1.807, 2.05) is 0 Å². The molecule has 1 heterocycles. The largest absolute Gasteiger partial charge is 0.374 e. The fourth-order valence-electron chi connectivity index (χ4n) is 2.19. The number of likely N-dealkylation sites (N-methyl/N-ethyl adjacent to an activating group) is 1. The molecule has 14 heavy (non-hydrogen) atoms. The first kappa shape index (κ1) is 11.6. The summed E-state index contributed by atoms with van der Waals surface area (Å²) in [6.07, 6.45) is 3.57. The lowest BCUT2D eigenvalue weighted by molar-refractivity contribution is 0.306. The van der Waals surface area contributed by atoms with E-state index < -0.39 is 0 Å². The average molecular weight is 196 g/mol. The van der Waals surface area contributed by atoms with Crippen molar-refractivity contribution in [3.63, 3.8) is 0 Å². The van der Waals surface area contributed by atoms with Gasteiger partial charge in [-0.1, -0.05) is 19.9 Å². The molecule has 0 bridgehead atoms. The molecule has 0 unspecified atom stereocenters. The minimum Gasteiger partial charge on any atom is -0.374 e. The SMILES string of the molecule is CC=C(C(C)C)N1CCCN(C)CC1.